The summed E-state index contributed by atoms with van der Waals surface area (Å²) in [6.07, 6.45) is 5.14. The van der Waals surface area contributed by atoms with Gasteiger partial charge in [0.2, 0.25) is 5.91 Å². The van der Waals surface area contributed by atoms with Crippen LogP contribution < -0.4 is 10.6 Å². The maximum absolute atomic E-state index is 11.9. The first kappa shape index (κ1) is 14.1. The molecule has 0 radical (unpaired) electrons. The van der Waals surface area contributed by atoms with E-state index in [0.717, 1.165) is 17.8 Å². The lowest BCUT2D eigenvalue weighted by atomic mass is 10.0. The first-order valence-corrected chi connectivity index (χ1v) is 7.21. The Hall–Kier alpha value is -1.35. The molecule has 0 spiro atoms. The first-order chi connectivity index (χ1) is 9.15. The maximum Gasteiger partial charge on any atom is 0.238 e. The zero-order chi connectivity index (χ0) is 13.7. The van der Waals surface area contributed by atoms with E-state index in [2.05, 4.69) is 17.6 Å². The van der Waals surface area contributed by atoms with Gasteiger partial charge in [-0.25, -0.2) is 0 Å². The summed E-state index contributed by atoms with van der Waals surface area (Å²) in [5.41, 5.74) is 2.50. The fourth-order valence-corrected chi connectivity index (χ4v) is 2.57. The summed E-state index contributed by atoms with van der Waals surface area (Å²) >= 11 is 0. The monoisotopic (exact) mass is 260 g/mol. The average molecular weight is 260 g/mol. The lowest BCUT2D eigenvalue weighted by Crippen LogP contribution is -2.32. The highest BCUT2D eigenvalue weighted by atomic mass is 16.1. The fraction of sp³-hybridized carbons (Fsp3) is 0.562. The molecule has 2 rings (SSSR count). The molecule has 1 amide bonds. The summed E-state index contributed by atoms with van der Waals surface area (Å²) < 4.78 is 0. The normalized spacial score (nSPS) is 16.1. The Morgan fingerprint density at radius 3 is 2.68 bits per heavy atom. The molecule has 0 unspecified atom stereocenters. The molecular weight excluding hydrogens is 236 g/mol. The number of aryl methyl sites for hydroxylation is 1. The number of carbonyl (C=O) groups excluding carboxylic acids is 1. The molecule has 1 aliphatic carbocycles. The summed E-state index contributed by atoms with van der Waals surface area (Å²) in [5, 5.41) is 6.25. The molecule has 3 nitrogen and oxygen atoms in total. The average Bonchev–Trinajstić information content (AvgIpc) is 3.13. The molecule has 0 heterocycles. The molecule has 2 N–H and O–H groups in total. The molecule has 1 aliphatic rings. The quantitative estimate of drug-likeness (QED) is 0.791. The van der Waals surface area contributed by atoms with Crippen molar-refractivity contribution in [3.05, 3.63) is 29.8 Å². The van der Waals surface area contributed by atoms with Crippen LogP contribution in [0.25, 0.3) is 0 Å². The number of anilines is 1. The Kier molecular flexibility index (Phi) is 4.59. The molecule has 1 fully saturated rings. The van der Waals surface area contributed by atoms with E-state index >= 15 is 0 Å². The van der Waals surface area contributed by atoms with Crippen molar-refractivity contribution in [2.24, 2.45) is 5.41 Å². The van der Waals surface area contributed by atoms with Crippen LogP contribution in [0, 0.1) is 12.3 Å². The molecule has 0 atom stereocenters. The van der Waals surface area contributed by atoms with E-state index in [9.17, 15) is 4.79 Å². The second-order valence-electron chi connectivity index (χ2n) is 5.72. The molecule has 1 saturated carbocycles. The number of carbonyl (C=O) groups is 1. The molecule has 104 valence electrons. The van der Waals surface area contributed by atoms with Crippen molar-refractivity contribution in [1.82, 2.24) is 5.32 Å². The standard InChI is InChI=1S/C16H24N2O/c1-3-8-16(9-10-16)12-17-11-15(19)18-14-7-5-4-6-13(14)2/h4-7,17H,3,8-12H2,1-2H3,(H,18,19). The molecule has 3 heteroatoms. The summed E-state index contributed by atoms with van der Waals surface area (Å²) in [4.78, 5) is 11.9. The van der Waals surface area contributed by atoms with Crippen LogP contribution in [0.5, 0.6) is 0 Å². The number of para-hydroxylation sites is 1. The number of nitrogens with one attached hydrogen (secondary N) is 2. The second kappa shape index (κ2) is 6.20. The third-order valence-corrected chi connectivity index (χ3v) is 3.94. The van der Waals surface area contributed by atoms with Gasteiger partial charge in [-0.3, -0.25) is 4.79 Å². The Bertz CT molecular complexity index is 438. The van der Waals surface area contributed by atoms with Crippen molar-refractivity contribution in [2.45, 2.75) is 39.5 Å². The third kappa shape index (κ3) is 4.06. The van der Waals surface area contributed by atoms with Crippen LogP contribution in [-0.4, -0.2) is 19.0 Å². The summed E-state index contributed by atoms with van der Waals surface area (Å²) in [6, 6.07) is 7.86. The van der Waals surface area contributed by atoms with Gasteiger partial charge in [0, 0.05) is 12.2 Å². The molecule has 19 heavy (non-hydrogen) atoms. The van der Waals surface area contributed by atoms with Crippen LogP contribution >= 0.6 is 0 Å². The minimum absolute atomic E-state index is 0.0431. The van der Waals surface area contributed by atoms with Gasteiger partial charge in [-0.2, -0.15) is 0 Å². The van der Waals surface area contributed by atoms with Crippen LogP contribution in [0.15, 0.2) is 24.3 Å². The van der Waals surface area contributed by atoms with Crippen molar-refractivity contribution in [1.29, 1.82) is 0 Å². The Balaban J connectivity index is 1.72. The van der Waals surface area contributed by atoms with Gasteiger partial charge >= 0.3 is 0 Å². The highest BCUT2D eigenvalue weighted by molar-refractivity contribution is 5.92. The van der Waals surface area contributed by atoms with Gasteiger partial charge in [0.05, 0.1) is 6.54 Å². The molecular formula is C16H24N2O. The fourth-order valence-electron chi connectivity index (χ4n) is 2.57. The number of benzene rings is 1. The van der Waals surface area contributed by atoms with E-state index in [1.54, 1.807) is 0 Å². The zero-order valence-corrected chi connectivity index (χ0v) is 12.0. The van der Waals surface area contributed by atoms with Crippen LogP contribution in [0.3, 0.4) is 0 Å². The van der Waals surface area contributed by atoms with Crippen molar-refractivity contribution in [2.75, 3.05) is 18.4 Å². The number of rotatable bonds is 7. The van der Waals surface area contributed by atoms with Crippen molar-refractivity contribution >= 4 is 11.6 Å². The van der Waals surface area contributed by atoms with E-state index < -0.39 is 0 Å². The Morgan fingerprint density at radius 1 is 1.32 bits per heavy atom. The van der Waals surface area contributed by atoms with Gasteiger partial charge < -0.3 is 10.6 Å². The minimum atomic E-state index is 0.0431. The summed E-state index contributed by atoms with van der Waals surface area (Å²) in [6.45, 7) is 5.61. The lowest BCUT2D eigenvalue weighted by Gasteiger charge is -2.15. The van der Waals surface area contributed by atoms with Gasteiger partial charge in [-0.15, -0.1) is 0 Å². The van der Waals surface area contributed by atoms with Crippen LogP contribution in [-0.2, 0) is 4.79 Å². The third-order valence-electron chi connectivity index (χ3n) is 3.94. The SMILES string of the molecule is CCCC1(CNCC(=O)Nc2ccccc2C)CC1. The Morgan fingerprint density at radius 2 is 2.05 bits per heavy atom. The van der Waals surface area contributed by atoms with Crippen LogP contribution in [0.2, 0.25) is 0 Å². The summed E-state index contributed by atoms with van der Waals surface area (Å²) in [7, 11) is 0. The van der Waals surface area contributed by atoms with Gasteiger partial charge in [0.25, 0.3) is 0 Å². The first-order valence-electron chi connectivity index (χ1n) is 7.21. The topological polar surface area (TPSA) is 41.1 Å². The number of hydrogen-bond donors (Lipinski definition) is 2. The van der Waals surface area contributed by atoms with E-state index in [-0.39, 0.29) is 5.91 Å². The molecule has 1 aromatic rings. The predicted octanol–water partition coefficient (Wildman–Crippen LogP) is 3.10. The van der Waals surface area contributed by atoms with Crippen molar-refractivity contribution in [3.63, 3.8) is 0 Å². The Labute approximate surface area is 115 Å². The molecule has 0 saturated heterocycles. The maximum atomic E-state index is 11.9. The van der Waals surface area contributed by atoms with Crippen LogP contribution in [0.4, 0.5) is 5.69 Å². The van der Waals surface area contributed by atoms with Gasteiger partial charge in [-0.05, 0) is 43.2 Å². The van der Waals surface area contributed by atoms with Crippen molar-refractivity contribution < 1.29 is 4.79 Å². The lowest BCUT2D eigenvalue weighted by molar-refractivity contribution is -0.115. The van der Waals surface area contributed by atoms with E-state index in [0.29, 0.717) is 12.0 Å². The molecule has 0 aromatic heterocycles. The highest BCUT2D eigenvalue weighted by Crippen LogP contribution is 2.48. The van der Waals surface area contributed by atoms with Gasteiger partial charge in [0.1, 0.15) is 0 Å². The van der Waals surface area contributed by atoms with Crippen LogP contribution in [0.1, 0.15) is 38.2 Å². The molecule has 1 aromatic carbocycles. The zero-order valence-electron chi connectivity index (χ0n) is 12.0. The van der Waals surface area contributed by atoms with Crippen molar-refractivity contribution in [3.8, 4) is 0 Å². The van der Waals surface area contributed by atoms with Gasteiger partial charge in [-0.1, -0.05) is 31.5 Å². The number of hydrogen-bond acceptors (Lipinski definition) is 2. The van der Waals surface area contributed by atoms with Gasteiger partial charge in [0.15, 0.2) is 0 Å². The highest BCUT2D eigenvalue weighted by Gasteiger charge is 2.40. The predicted molar refractivity (Wildman–Crippen MR) is 79.3 cm³/mol. The second-order valence-corrected chi connectivity index (χ2v) is 5.72. The van der Waals surface area contributed by atoms with E-state index in [1.807, 2.05) is 31.2 Å². The van der Waals surface area contributed by atoms with E-state index in [4.69, 9.17) is 0 Å². The minimum Gasteiger partial charge on any atom is -0.325 e. The number of amides is 1. The smallest absolute Gasteiger partial charge is 0.238 e. The molecule has 0 aliphatic heterocycles. The molecule has 0 bridgehead atoms. The summed E-state index contributed by atoms with van der Waals surface area (Å²) in [5.74, 6) is 0.0431. The largest absolute Gasteiger partial charge is 0.325 e. The van der Waals surface area contributed by atoms with E-state index in [1.165, 1.54) is 25.7 Å².